The van der Waals surface area contributed by atoms with Crippen LogP contribution in [0.3, 0.4) is 0 Å². The highest BCUT2D eigenvalue weighted by Crippen LogP contribution is 2.33. The first kappa shape index (κ1) is 63.6. The minimum absolute atomic E-state index is 0.00377. The van der Waals surface area contributed by atoms with Crippen LogP contribution in [0.25, 0.3) is 12.2 Å². The van der Waals surface area contributed by atoms with Gasteiger partial charge in [-0.1, -0.05) is 23.3 Å². The molecule has 4 aromatic rings. The Morgan fingerprint density at radius 3 is 1.37 bits per heavy atom. The number of sulfonamides is 1. The molecular formula is C63H84F4N6O8S. The lowest BCUT2D eigenvalue weighted by molar-refractivity contribution is 0.0702. The monoisotopic (exact) mass is 1160 g/mol. The van der Waals surface area contributed by atoms with Crippen molar-refractivity contribution in [3.8, 4) is 23.0 Å². The molecule has 3 N–H and O–H groups in total. The molecule has 2 aliphatic heterocycles. The fraction of sp³-hybridized carbons (Fsp3) is 0.524. The number of rotatable bonds is 22. The van der Waals surface area contributed by atoms with Crippen LogP contribution in [0.2, 0.25) is 0 Å². The second kappa shape index (κ2) is 30.0. The number of ether oxygens (including phenoxy) is 4. The van der Waals surface area contributed by atoms with Gasteiger partial charge in [-0.3, -0.25) is 19.4 Å². The molecule has 2 saturated carbocycles. The number of amides is 2. The molecule has 8 rings (SSSR count). The summed E-state index contributed by atoms with van der Waals surface area (Å²) < 4.78 is 103. The Kier molecular flexibility index (Phi) is 23.3. The van der Waals surface area contributed by atoms with Gasteiger partial charge in [-0.15, -0.1) is 0 Å². The van der Waals surface area contributed by atoms with Gasteiger partial charge in [0.2, 0.25) is 10.0 Å². The average Bonchev–Trinajstić information content (AvgIpc) is 4.22. The number of nitrogens with one attached hydrogen (secondary N) is 1. The number of methoxy groups -OCH3 is 4. The molecule has 2 heterocycles. The highest BCUT2D eigenvalue weighted by molar-refractivity contribution is 7.88. The average molecular weight is 1160 g/mol. The van der Waals surface area contributed by atoms with E-state index in [0.717, 1.165) is 127 Å². The number of nitrogens with zero attached hydrogens (tertiary/aromatic N) is 4. The van der Waals surface area contributed by atoms with E-state index in [4.69, 9.17) is 24.7 Å². The van der Waals surface area contributed by atoms with E-state index < -0.39 is 33.3 Å². The molecule has 0 spiro atoms. The topological polar surface area (TPSA) is 156 Å². The number of nitrogens with two attached hydrogens (primary N) is 1. The molecule has 82 heavy (non-hydrogen) atoms. The van der Waals surface area contributed by atoms with Crippen LogP contribution in [0, 0.1) is 35.1 Å². The minimum atomic E-state index is -3.21. The molecule has 0 aromatic heterocycles. The Labute approximate surface area is 483 Å². The van der Waals surface area contributed by atoms with Crippen molar-refractivity contribution in [2.75, 3.05) is 87.1 Å². The van der Waals surface area contributed by atoms with E-state index in [2.05, 4.69) is 14.5 Å². The van der Waals surface area contributed by atoms with Gasteiger partial charge in [0, 0.05) is 97.8 Å². The maximum absolute atomic E-state index is 14.4. The highest BCUT2D eigenvalue weighted by Gasteiger charge is 2.34. The summed E-state index contributed by atoms with van der Waals surface area (Å²) in [6.45, 7) is 9.29. The number of hydrogen-bond acceptors (Lipinski definition) is 11. The van der Waals surface area contributed by atoms with Crippen molar-refractivity contribution >= 4 is 34.0 Å². The number of likely N-dealkylation sites (tertiary alicyclic amines) is 2. The fourth-order valence-electron chi connectivity index (χ4n) is 12.2. The largest absolute Gasteiger partial charge is 0.493 e. The number of benzene rings is 4. The summed E-state index contributed by atoms with van der Waals surface area (Å²) in [6, 6.07) is 18.0. The smallest absolute Gasteiger partial charge is 0.254 e. The Bertz CT molecular complexity index is 2970. The van der Waals surface area contributed by atoms with E-state index in [-0.39, 0.29) is 42.0 Å². The van der Waals surface area contributed by atoms with Crippen molar-refractivity contribution in [1.29, 1.82) is 0 Å². The van der Waals surface area contributed by atoms with Crippen LogP contribution in [0.15, 0.2) is 83.9 Å². The molecule has 0 radical (unpaired) electrons. The third kappa shape index (κ3) is 18.3. The van der Waals surface area contributed by atoms with Crippen LogP contribution in [-0.2, 0) is 10.0 Å². The molecule has 4 fully saturated rings. The molecule has 4 aliphatic rings. The Balaban J connectivity index is 0.000000237. The number of carbonyl (C=O) groups is 2. The van der Waals surface area contributed by atoms with Gasteiger partial charge in [0.25, 0.3) is 11.8 Å². The van der Waals surface area contributed by atoms with Gasteiger partial charge in [-0.2, -0.15) is 0 Å². The van der Waals surface area contributed by atoms with Crippen molar-refractivity contribution in [2.24, 2.45) is 17.6 Å². The van der Waals surface area contributed by atoms with Gasteiger partial charge in [0.15, 0.2) is 23.0 Å². The van der Waals surface area contributed by atoms with Crippen LogP contribution in [0.5, 0.6) is 23.0 Å². The van der Waals surface area contributed by atoms with E-state index in [1.165, 1.54) is 44.7 Å². The zero-order valence-corrected chi connectivity index (χ0v) is 49.6. The Hall–Kier alpha value is -5.99. The quantitative estimate of drug-likeness (QED) is 0.0722. The summed E-state index contributed by atoms with van der Waals surface area (Å²) in [7, 11) is 2.95. The molecule has 19 heteroatoms. The number of carbonyl (C=O) groups excluding carboxylic acids is 2. The first-order valence-electron chi connectivity index (χ1n) is 28.7. The van der Waals surface area contributed by atoms with Gasteiger partial charge < -0.3 is 34.5 Å². The van der Waals surface area contributed by atoms with Gasteiger partial charge in [-0.05, 0) is 176 Å². The summed E-state index contributed by atoms with van der Waals surface area (Å²) >= 11 is 0. The molecule has 448 valence electrons. The second-order valence-electron chi connectivity index (χ2n) is 22.8. The predicted molar refractivity (Wildman–Crippen MR) is 314 cm³/mol. The third-order valence-corrected chi connectivity index (χ3v) is 17.2. The van der Waals surface area contributed by atoms with E-state index in [9.17, 15) is 35.6 Å². The second-order valence-corrected chi connectivity index (χ2v) is 24.6. The van der Waals surface area contributed by atoms with Gasteiger partial charge in [0.05, 0.1) is 34.7 Å². The van der Waals surface area contributed by atoms with E-state index in [1.54, 1.807) is 67.7 Å². The number of hydrogen-bond donors (Lipinski definition) is 2. The minimum Gasteiger partial charge on any atom is -0.493 e. The summed E-state index contributed by atoms with van der Waals surface area (Å²) in [5, 5.41) is 0. The predicted octanol–water partition coefficient (Wildman–Crippen LogP) is 10.6. The van der Waals surface area contributed by atoms with Crippen molar-refractivity contribution in [1.82, 2.24) is 24.3 Å². The maximum Gasteiger partial charge on any atom is 0.254 e. The van der Waals surface area contributed by atoms with Crippen molar-refractivity contribution in [2.45, 2.75) is 115 Å². The third-order valence-electron chi connectivity index (χ3n) is 16.4. The first-order valence-corrected chi connectivity index (χ1v) is 30.6. The zero-order chi connectivity index (χ0) is 59.1. The maximum atomic E-state index is 14.4. The lowest BCUT2D eigenvalue weighted by Crippen LogP contribution is -2.46. The molecule has 14 nitrogen and oxygen atoms in total. The summed E-state index contributed by atoms with van der Waals surface area (Å²) in [4.78, 5) is 36.5. The molecule has 2 atom stereocenters. The van der Waals surface area contributed by atoms with Gasteiger partial charge in [-0.25, -0.2) is 30.7 Å². The lowest BCUT2D eigenvalue weighted by Gasteiger charge is -2.35. The summed E-state index contributed by atoms with van der Waals surface area (Å²) in [5.41, 5.74) is 9.21. The summed E-state index contributed by atoms with van der Waals surface area (Å²) in [6.07, 6.45) is 16.7. The van der Waals surface area contributed by atoms with Crippen LogP contribution in [-0.4, -0.2) is 151 Å². The van der Waals surface area contributed by atoms with Crippen LogP contribution in [0.4, 0.5) is 17.6 Å². The molecule has 4 aromatic carbocycles. The zero-order valence-electron chi connectivity index (χ0n) is 48.7. The van der Waals surface area contributed by atoms with Gasteiger partial charge >= 0.3 is 0 Å². The van der Waals surface area contributed by atoms with Crippen molar-refractivity contribution in [3.63, 3.8) is 0 Å². The van der Waals surface area contributed by atoms with Crippen molar-refractivity contribution in [3.05, 3.63) is 129 Å². The molecule has 0 bridgehead atoms. The molecule has 2 amide bonds. The van der Waals surface area contributed by atoms with Gasteiger partial charge in [0.1, 0.15) is 23.3 Å². The summed E-state index contributed by atoms with van der Waals surface area (Å²) in [5.74, 6) is 0.301. The number of halogens is 4. The molecule has 2 saturated heterocycles. The van der Waals surface area contributed by atoms with E-state index in [0.29, 0.717) is 77.2 Å². The lowest BCUT2D eigenvalue weighted by atomic mass is 9.86. The Morgan fingerprint density at radius 1 is 0.585 bits per heavy atom. The Morgan fingerprint density at radius 2 is 0.988 bits per heavy atom. The highest BCUT2D eigenvalue weighted by atomic mass is 32.2. The standard InChI is InChI=1S/C32H43F2N3O5S.C31H41F2N3O3/c1-22(16-24-9-11-26(33)18-29(24)34)19-37(32(38)25-10-14-30(41-2)31(17-25)42-3)21-28-6-5-15-36(28)20-23-7-12-27(13-8-23)35-43(4,39)40;1-21(15-23-8-10-25(32)17-28(23)33)18-36(31(37)24-9-13-29(38-2)30(16-24)39-3)20-27-5-4-14-35(27)19-22-6-11-26(34)12-7-22/h9-11,14,16-18,23,27-28,35H,5-8,12-13,15,19-21H2,1-4H3;8-10,13,15-17,22,26-27H,4-7,11-12,14,18-20,34H2,1-3H3/b22-16+;21-15+/t23?,27?,28-;22?,26?,27-/m00/s1. The SMILES string of the molecule is COc1ccc(C(=O)N(C/C(C)=C/c2ccc(F)cc2F)C[C@@H]2CCCN2CC2CCC(N)CC2)cc1OC.COc1ccc(C(=O)N(C/C(C)=C/c2ccc(F)cc2F)C[C@@H]2CCCN2CC2CCC(NS(C)(=O)=O)CC2)cc1OC. The normalized spacial score (nSPS) is 21.8. The molecule has 0 unspecified atom stereocenters. The van der Waals surface area contributed by atoms with Crippen LogP contribution < -0.4 is 29.4 Å². The van der Waals surface area contributed by atoms with Crippen LogP contribution >= 0.6 is 0 Å². The van der Waals surface area contributed by atoms with Crippen LogP contribution in [0.1, 0.15) is 123 Å². The van der Waals surface area contributed by atoms with E-state index in [1.807, 2.05) is 18.7 Å². The fourth-order valence-corrected chi connectivity index (χ4v) is 13.0. The molecule has 2 aliphatic carbocycles. The first-order chi connectivity index (χ1) is 39.2. The molecular weight excluding hydrogens is 1080 g/mol. The van der Waals surface area contributed by atoms with Crippen molar-refractivity contribution < 1.29 is 54.5 Å². The van der Waals surface area contributed by atoms with E-state index >= 15 is 0 Å².